The van der Waals surface area contributed by atoms with Crippen molar-refractivity contribution < 1.29 is 16.8 Å². The molecule has 130 valence electrons. The topological polar surface area (TPSA) is 98.1 Å². The van der Waals surface area contributed by atoms with E-state index in [-0.39, 0.29) is 9.79 Å². The molecule has 0 fully saturated rings. The lowest BCUT2D eigenvalue weighted by molar-refractivity contribution is 0.599. The molecule has 0 aliphatic rings. The van der Waals surface area contributed by atoms with Crippen LogP contribution < -0.4 is 4.72 Å². The first kappa shape index (κ1) is 17.2. The highest BCUT2D eigenvalue weighted by Crippen LogP contribution is 2.21. The summed E-state index contributed by atoms with van der Waals surface area (Å²) in [5.74, 6) is 0. The largest absolute Gasteiger partial charge is 0.280 e. The summed E-state index contributed by atoms with van der Waals surface area (Å²) in [6.45, 7) is 0. The Balaban J connectivity index is 1.94. The second-order valence-corrected chi connectivity index (χ2v) is 9.05. The van der Waals surface area contributed by atoms with Gasteiger partial charge >= 0.3 is 0 Å². The summed E-state index contributed by atoms with van der Waals surface area (Å²) in [6.07, 6.45) is 4.39. The highest BCUT2D eigenvalue weighted by molar-refractivity contribution is 7.93. The van der Waals surface area contributed by atoms with E-state index in [2.05, 4.69) is 9.82 Å². The van der Waals surface area contributed by atoms with Crippen LogP contribution >= 0.6 is 0 Å². The molecule has 0 unspecified atom stereocenters. The molecule has 1 heterocycles. The van der Waals surface area contributed by atoms with Gasteiger partial charge in [-0.05, 0) is 42.5 Å². The average Bonchev–Trinajstić information content (AvgIpc) is 3.08. The van der Waals surface area contributed by atoms with Crippen molar-refractivity contribution >= 4 is 25.5 Å². The smallest absolute Gasteiger partial charge is 0.261 e. The number of aromatic nitrogens is 2. The van der Waals surface area contributed by atoms with Crippen molar-refractivity contribution in [3.05, 3.63) is 67.0 Å². The van der Waals surface area contributed by atoms with Crippen molar-refractivity contribution in [2.24, 2.45) is 0 Å². The molecule has 1 N–H and O–H groups in total. The predicted molar refractivity (Wildman–Crippen MR) is 93.9 cm³/mol. The van der Waals surface area contributed by atoms with E-state index in [0.717, 1.165) is 12.3 Å². The molecular weight excluding hydrogens is 362 g/mol. The molecule has 0 saturated heterocycles. The molecule has 0 radical (unpaired) electrons. The Hall–Kier alpha value is -2.65. The van der Waals surface area contributed by atoms with Crippen molar-refractivity contribution in [3.63, 3.8) is 0 Å². The lowest BCUT2D eigenvalue weighted by atomic mass is 10.3. The average molecular weight is 377 g/mol. The summed E-state index contributed by atoms with van der Waals surface area (Å²) in [6, 6.07) is 13.7. The molecule has 25 heavy (non-hydrogen) atoms. The molecule has 9 heteroatoms. The molecule has 0 bridgehead atoms. The van der Waals surface area contributed by atoms with Gasteiger partial charge in [0, 0.05) is 18.6 Å². The summed E-state index contributed by atoms with van der Waals surface area (Å²) in [4.78, 5) is -0.180. The summed E-state index contributed by atoms with van der Waals surface area (Å²) in [5, 5.41) is 4.09. The molecule has 0 spiro atoms. The normalized spacial score (nSPS) is 12.0. The first-order chi connectivity index (χ1) is 11.8. The number of nitrogens with zero attached hydrogens (tertiary/aromatic N) is 2. The highest BCUT2D eigenvalue weighted by atomic mass is 32.2. The van der Waals surface area contributed by atoms with Gasteiger partial charge in [-0.15, -0.1) is 0 Å². The van der Waals surface area contributed by atoms with Crippen LogP contribution in [0.2, 0.25) is 0 Å². The molecule has 0 atom stereocenters. The summed E-state index contributed by atoms with van der Waals surface area (Å²) in [5.41, 5.74) is 1.04. The molecule has 2 aromatic carbocycles. The summed E-state index contributed by atoms with van der Waals surface area (Å²) < 4.78 is 52.4. The number of sulfonamides is 1. The number of anilines is 1. The zero-order valence-corrected chi connectivity index (χ0v) is 14.8. The van der Waals surface area contributed by atoms with Gasteiger partial charge in [-0.1, -0.05) is 12.1 Å². The number of benzene rings is 2. The minimum absolute atomic E-state index is 0.0549. The Morgan fingerprint density at radius 3 is 2.32 bits per heavy atom. The number of hydrogen-bond acceptors (Lipinski definition) is 5. The number of hydrogen-bond donors (Lipinski definition) is 1. The molecule has 0 aliphatic heterocycles. The van der Waals surface area contributed by atoms with E-state index in [1.54, 1.807) is 47.4 Å². The predicted octanol–water partition coefficient (Wildman–Crippen LogP) is 2.08. The van der Waals surface area contributed by atoms with Gasteiger partial charge < -0.3 is 0 Å². The Morgan fingerprint density at radius 1 is 0.920 bits per heavy atom. The van der Waals surface area contributed by atoms with Gasteiger partial charge in [-0.2, -0.15) is 5.10 Å². The fourth-order valence-electron chi connectivity index (χ4n) is 2.22. The fraction of sp³-hybridized carbons (Fsp3) is 0.0625. The van der Waals surface area contributed by atoms with Gasteiger partial charge in [0.2, 0.25) is 0 Å². The van der Waals surface area contributed by atoms with Crippen molar-refractivity contribution in [1.29, 1.82) is 0 Å². The van der Waals surface area contributed by atoms with Gasteiger partial charge in [-0.25, -0.2) is 21.5 Å². The van der Waals surface area contributed by atoms with Crippen LogP contribution in [0.5, 0.6) is 0 Å². The minimum atomic E-state index is -3.93. The second-order valence-electron chi connectivity index (χ2n) is 5.35. The first-order valence-corrected chi connectivity index (χ1v) is 10.6. The van der Waals surface area contributed by atoms with Crippen LogP contribution in [-0.4, -0.2) is 32.9 Å². The van der Waals surface area contributed by atoms with Gasteiger partial charge in [0.25, 0.3) is 10.0 Å². The zero-order valence-electron chi connectivity index (χ0n) is 13.2. The van der Waals surface area contributed by atoms with Crippen molar-refractivity contribution in [3.8, 4) is 5.69 Å². The Bertz CT molecular complexity index is 1110. The molecule has 0 amide bonds. The number of nitrogens with one attached hydrogen (secondary N) is 1. The van der Waals surface area contributed by atoms with Crippen LogP contribution in [0.4, 0.5) is 5.69 Å². The van der Waals surface area contributed by atoms with E-state index in [4.69, 9.17) is 0 Å². The third-order valence-corrected chi connectivity index (χ3v) is 5.90. The monoisotopic (exact) mass is 377 g/mol. The first-order valence-electron chi connectivity index (χ1n) is 7.19. The minimum Gasteiger partial charge on any atom is -0.280 e. The van der Waals surface area contributed by atoms with Crippen LogP contribution in [0.25, 0.3) is 5.69 Å². The van der Waals surface area contributed by atoms with E-state index in [1.807, 2.05) is 0 Å². The SMILES string of the molecule is CS(=O)(=O)c1cccc(S(=O)(=O)Nc2cccc(-n3cccn3)c2)c1. The summed E-state index contributed by atoms with van der Waals surface area (Å²) >= 11 is 0. The lowest BCUT2D eigenvalue weighted by Gasteiger charge is -2.10. The third kappa shape index (κ3) is 3.89. The van der Waals surface area contributed by atoms with Gasteiger partial charge in [0.1, 0.15) is 0 Å². The fourth-order valence-corrected chi connectivity index (χ4v) is 4.06. The van der Waals surface area contributed by atoms with E-state index in [1.165, 1.54) is 18.2 Å². The van der Waals surface area contributed by atoms with E-state index < -0.39 is 19.9 Å². The Morgan fingerprint density at radius 2 is 1.64 bits per heavy atom. The van der Waals surface area contributed by atoms with E-state index >= 15 is 0 Å². The van der Waals surface area contributed by atoms with Crippen LogP contribution in [0, 0.1) is 0 Å². The van der Waals surface area contributed by atoms with Gasteiger partial charge in [-0.3, -0.25) is 4.72 Å². The van der Waals surface area contributed by atoms with Gasteiger partial charge in [0.15, 0.2) is 9.84 Å². The standard InChI is InChI=1S/C16H15N3O4S2/c1-24(20,21)15-7-3-8-16(12-15)25(22,23)18-13-5-2-6-14(11-13)19-10-4-9-17-19/h2-12,18H,1H3. The molecule has 7 nitrogen and oxygen atoms in total. The maximum absolute atomic E-state index is 12.6. The molecule has 0 saturated carbocycles. The lowest BCUT2D eigenvalue weighted by Crippen LogP contribution is -2.14. The summed E-state index contributed by atoms with van der Waals surface area (Å²) in [7, 11) is -7.42. The van der Waals surface area contributed by atoms with Crippen LogP contribution in [-0.2, 0) is 19.9 Å². The maximum Gasteiger partial charge on any atom is 0.261 e. The van der Waals surface area contributed by atoms with Crippen LogP contribution in [0.15, 0.2) is 76.8 Å². The molecule has 1 aromatic heterocycles. The quantitative estimate of drug-likeness (QED) is 0.734. The molecule has 3 rings (SSSR count). The molecule has 3 aromatic rings. The van der Waals surface area contributed by atoms with Crippen LogP contribution in [0.3, 0.4) is 0 Å². The van der Waals surface area contributed by atoms with E-state index in [0.29, 0.717) is 11.4 Å². The maximum atomic E-state index is 12.6. The van der Waals surface area contributed by atoms with Gasteiger partial charge in [0.05, 0.1) is 21.2 Å². The highest BCUT2D eigenvalue weighted by Gasteiger charge is 2.17. The van der Waals surface area contributed by atoms with Crippen molar-refractivity contribution in [1.82, 2.24) is 9.78 Å². The van der Waals surface area contributed by atoms with Crippen molar-refractivity contribution in [2.45, 2.75) is 9.79 Å². The third-order valence-electron chi connectivity index (χ3n) is 3.41. The Labute approximate surface area is 145 Å². The number of sulfone groups is 1. The van der Waals surface area contributed by atoms with Crippen LogP contribution in [0.1, 0.15) is 0 Å². The van der Waals surface area contributed by atoms with Crippen molar-refractivity contribution in [2.75, 3.05) is 11.0 Å². The Kier molecular flexibility index (Phi) is 4.36. The zero-order chi connectivity index (χ0) is 18.1. The van der Waals surface area contributed by atoms with E-state index in [9.17, 15) is 16.8 Å². The molecular formula is C16H15N3O4S2. The second kappa shape index (κ2) is 6.34. The molecule has 0 aliphatic carbocycles. The number of rotatable bonds is 5.